The van der Waals surface area contributed by atoms with Crippen molar-refractivity contribution in [2.24, 2.45) is 0 Å². The molecule has 0 fully saturated rings. The fourth-order valence-corrected chi connectivity index (χ4v) is 5.47. The summed E-state index contributed by atoms with van der Waals surface area (Å²) in [6, 6.07) is 29.6. The summed E-state index contributed by atoms with van der Waals surface area (Å²) in [5, 5.41) is 2.71. The van der Waals surface area contributed by atoms with Gasteiger partial charge in [0.25, 0.3) is 0 Å². The summed E-state index contributed by atoms with van der Waals surface area (Å²) in [6.45, 7) is 6.52. The van der Waals surface area contributed by atoms with Crippen molar-refractivity contribution >= 4 is 18.7 Å². The Balaban J connectivity index is 2.07. The number of rotatable bonds is 5. The topological polar surface area (TPSA) is 3.24 Å². The molecule has 0 aromatic heterocycles. The zero-order chi connectivity index (χ0) is 18.2. The van der Waals surface area contributed by atoms with Crippen molar-refractivity contribution in [2.75, 3.05) is 13.1 Å². The molecule has 0 aliphatic carbocycles. The second-order valence-corrected chi connectivity index (χ2v) is 8.11. The highest BCUT2D eigenvalue weighted by Gasteiger charge is 2.21. The molecular formula is C24H24NP. The Kier molecular flexibility index (Phi) is 6.62. The van der Waals surface area contributed by atoms with Gasteiger partial charge in [0.1, 0.15) is 0 Å². The summed E-state index contributed by atoms with van der Waals surface area (Å²) >= 11 is 0. The van der Waals surface area contributed by atoms with Crippen LogP contribution in [0, 0.1) is 11.8 Å². The normalized spacial score (nSPS) is 11.7. The van der Waals surface area contributed by atoms with Crippen molar-refractivity contribution in [3.05, 3.63) is 96.1 Å². The van der Waals surface area contributed by atoms with Crippen LogP contribution in [0.4, 0.5) is 0 Å². The van der Waals surface area contributed by atoms with Gasteiger partial charge in [0, 0.05) is 24.5 Å². The first-order valence-electron chi connectivity index (χ1n) is 9.09. The van der Waals surface area contributed by atoms with E-state index >= 15 is 0 Å². The highest BCUT2D eigenvalue weighted by atomic mass is 31.1. The maximum absolute atomic E-state index is 3.42. The van der Waals surface area contributed by atoms with Crippen molar-refractivity contribution < 1.29 is 0 Å². The standard InChI is InChI=1S/C24H24NP/c1-3-25(4-2)26(23-16-9-6-10-17-23)24-18-12-11-15-22(24)20-19-21-13-7-5-8-14-21/h5-18H,3-4H2,1-2H3. The first-order chi connectivity index (χ1) is 12.8. The van der Waals surface area contributed by atoms with Crippen LogP contribution in [0.15, 0.2) is 84.9 Å². The molecule has 26 heavy (non-hydrogen) atoms. The molecule has 1 unspecified atom stereocenters. The molecule has 3 rings (SSSR count). The van der Waals surface area contributed by atoms with E-state index in [1.807, 2.05) is 18.2 Å². The Morgan fingerprint density at radius 1 is 0.692 bits per heavy atom. The number of hydrogen-bond donors (Lipinski definition) is 0. The number of benzene rings is 3. The highest BCUT2D eigenvalue weighted by Crippen LogP contribution is 2.38. The van der Waals surface area contributed by atoms with Crippen molar-refractivity contribution in [3.63, 3.8) is 0 Å². The lowest BCUT2D eigenvalue weighted by Crippen LogP contribution is -2.29. The van der Waals surface area contributed by atoms with E-state index in [-0.39, 0.29) is 0 Å². The molecule has 0 aliphatic rings. The van der Waals surface area contributed by atoms with Gasteiger partial charge in [-0.1, -0.05) is 92.4 Å². The number of hydrogen-bond acceptors (Lipinski definition) is 1. The second kappa shape index (κ2) is 9.35. The third-order valence-electron chi connectivity index (χ3n) is 4.26. The SMILES string of the molecule is CCN(CC)P(c1ccccc1)c1ccccc1C#Cc1ccccc1. The lowest BCUT2D eigenvalue weighted by atomic mass is 10.2. The van der Waals surface area contributed by atoms with Gasteiger partial charge >= 0.3 is 0 Å². The molecule has 0 radical (unpaired) electrons. The molecule has 0 amide bonds. The van der Waals surface area contributed by atoms with E-state index in [0.29, 0.717) is 0 Å². The zero-order valence-corrected chi connectivity index (χ0v) is 16.3. The Bertz CT molecular complexity index is 874. The lowest BCUT2D eigenvalue weighted by molar-refractivity contribution is 0.514. The predicted molar refractivity (Wildman–Crippen MR) is 114 cm³/mol. The molecule has 0 aliphatic heterocycles. The molecule has 130 valence electrons. The van der Waals surface area contributed by atoms with Gasteiger partial charge in [-0.3, -0.25) is 4.67 Å². The van der Waals surface area contributed by atoms with Crippen LogP contribution in [0.25, 0.3) is 0 Å². The van der Waals surface area contributed by atoms with Gasteiger partial charge in [-0.15, -0.1) is 0 Å². The van der Waals surface area contributed by atoms with Crippen molar-refractivity contribution in [3.8, 4) is 11.8 Å². The maximum Gasteiger partial charge on any atom is 0.0341 e. The minimum atomic E-state index is -0.585. The van der Waals surface area contributed by atoms with Crippen molar-refractivity contribution in [1.82, 2.24) is 4.67 Å². The van der Waals surface area contributed by atoms with Gasteiger partial charge in [0.05, 0.1) is 0 Å². The highest BCUT2D eigenvalue weighted by molar-refractivity contribution is 7.70. The van der Waals surface area contributed by atoms with Gasteiger partial charge in [-0.05, 0) is 36.6 Å². The van der Waals surface area contributed by atoms with Crippen molar-refractivity contribution in [2.45, 2.75) is 13.8 Å². The van der Waals surface area contributed by atoms with E-state index in [4.69, 9.17) is 0 Å². The zero-order valence-electron chi connectivity index (χ0n) is 15.4. The van der Waals surface area contributed by atoms with E-state index in [1.54, 1.807) is 0 Å². The van der Waals surface area contributed by atoms with E-state index in [2.05, 4.69) is 97.1 Å². The van der Waals surface area contributed by atoms with E-state index in [1.165, 1.54) is 10.6 Å². The molecule has 3 aromatic carbocycles. The molecule has 0 bridgehead atoms. The fourth-order valence-electron chi connectivity index (χ4n) is 2.96. The van der Waals surface area contributed by atoms with E-state index < -0.39 is 8.07 Å². The maximum atomic E-state index is 3.42. The number of nitrogens with zero attached hydrogens (tertiary/aromatic N) is 1. The van der Waals surface area contributed by atoms with Crippen LogP contribution < -0.4 is 10.6 Å². The predicted octanol–water partition coefficient (Wildman–Crippen LogP) is 4.78. The molecule has 0 N–H and O–H groups in total. The van der Waals surface area contributed by atoms with Gasteiger partial charge in [-0.2, -0.15) is 0 Å². The van der Waals surface area contributed by atoms with Crippen LogP contribution in [0.3, 0.4) is 0 Å². The quantitative estimate of drug-likeness (QED) is 0.469. The average Bonchev–Trinajstić information content (AvgIpc) is 2.72. The lowest BCUT2D eigenvalue weighted by Gasteiger charge is -2.31. The molecule has 0 spiro atoms. The monoisotopic (exact) mass is 357 g/mol. The molecule has 1 atom stereocenters. The van der Waals surface area contributed by atoms with Crippen LogP contribution in [0.2, 0.25) is 0 Å². The summed E-state index contributed by atoms with van der Waals surface area (Å²) in [5.74, 6) is 6.75. The summed E-state index contributed by atoms with van der Waals surface area (Å²) in [4.78, 5) is 0. The second-order valence-electron chi connectivity index (χ2n) is 5.92. The Morgan fingerprint density at radius 2 is 1.27 bits per heavy atom. The molecule has 0 saturated carbocycles. The smallest absolute Gasteiger partial charge is 0.0341 e. The van der Waals surface area contributed by atoms with E-state index in [9.17, 15) is 0 Å². The van der Waals surface area contributed by atoms with E-state index in [0.717, 1.165) is 24.2 Å². The molecule has 0 saturated heterocycles. The van der Waals surface area contributed by atoms with Gasteiger partial charge in [0.15, 0.2) is 0 Å². The third kappa shape index (κ3) is 4.41. The van der Waals surface area contributed by atoms with Gasteiger partial charge in [0.2, 0.25) is 0 Å². The Morgan fingerprint density at radius 3 is 1.92 bits per heavy atom. The van der Waals surface area contributed by atoms with Crippen LogP contribution in [0.1, 0.15) is 25.0 Å². The van der Waals surface area contributed by atoms with Gasteiger partial charge in [-0.25, -0.2) is 0 Å². The molecule has 1 nitrogen and oxygen atoms in total. The van der Waals surface area contributed by atoms with Crippen LogP contribution in [-0.2, 0) is 0 Å². The Labute approximate surface area is 158 Å². The third-order valence-corrected chi connectivity index (χ3v) is 7.03. The van der Waals surface area contributed by atoms with Crippen LogP contribution >= 0.6 is 8.07 Å². The average molecular weight is 357 g/mol. The molecule has 3 aromatic rings. The van der Waals surface area contributed by atoms with Crippen molar-refractivity contribution in [1.29, 1.82) is 0 Å². The Hall–Kier alpha value is -2.39. The molecule has 2 heteroatoms. The van der Waals surface area contributed by atoms with Crippen LogP contribution in [-0.4, -0.2) is 17.8 Å². The molecule has 0 heterocycles. The van der Waals surface area contributed by atoms with Gasteiger partial charge < -0.3 is 0 Å². The van der Waals surface area contributed by atoms with Crippen LogP contribution in [0.5, 0.6) is 0 Å². The first kappa shape index (κ1) is 18.4. The molecular weight excluding hydrogens is 333 g/mol. The summed E-state index contributed by atoms with van der Waals surface area (Å²) in [7, 11) is -0.585. The fraction of sp³-hybridized carbons (Fsp3) is 0.167. The minimum absolute atomic E-state index is 0.585. The summed E-state index contributed by atoms with van der Waals surface area (Å²) in [5.41, 5.74) is 2.17. The largest absolute Gasteiger partial charge is 0.275 e. The minimum Gasteiger partial charge on any atom is -0.275 e. The first-order valence-corrected chi connectivity index (χ1v) is 10.4. The summed E-state index contributed by atoms with van der Waals surface area (Å²) in [6.07, 6.45) is 0. The summed E-state index contributed by atoms with van der Waals surface area (Å²) < 4.78 is 2.55.